The molecule has 0 atom stereocenters. The third kappa shape index (κ3) is 4.87. The van der Waals surface area contributed by atoms with Crippen LogP contribution in [0.5, 0.6) is 0 Å². The van der Waals surface area contributed by atoms with E-state index in [4.69, 9.17) is 0 Å². The molecule has 1 aromatic rings. The van der Waals surface area contributed by atoms with Gasteiger partial charge in [0.15, 0.2) is 5.78 Å². The van der Waals surface area contributed by atoms with Gasteiger partial charge in [-0.05, 0) is 22.5 Å². The molecule has 0 saturated heterocycles. The van der Waals surface area contributed by atoms with E-state index in [1.807, 2.05) is 12.1 Å². The van der Waals surface area contributed by atoms with Gasteiger partial charge in [0.2, 0.25) is 0 Å². The second kappa shape index (κ2) is 7.18. The molecule has 112 valence electrons. The van der Waals surface area contributed by atoms with Crippen LogP contribution in [0.2, 0.25) is 0 Å². The molecule has 1 aromatic carbocycles. The molecule has 0 aliphatic heterocycles. The third-order valence-electron chi connectivity index (χ3n) is 2.87. The highest BCUT2D eigenvalue weighted by molar-refractivity contribution is 7.68. The SMILES string of the molecule is C=C.CC(=O)c1ccccc1P(C(C)(C)C)C(C)(C)C. The molecular formula is C18H29OP. The number of Topliss-reactive ketones (excluding diaryl/α,β-unsaturated/α-hetero) is 1. The number of carbonyl (C=O) groups is 1. The first-order chi connectivity index (χ1) is 9.05. The monoisotopic (exact) mass is 292 g/mol. The lowest BCUT2D eigenvalue weighted by Crippen LogP contribution is -2.33. The summed E-state index contributed by atoms with van der Waals surface area (Å²) in [5.74, 6) is 0.173. The van der Waals surface area contributed by atoms with Crippen molar-refractivity contribution in [2.75, 3.05) is 0 Å². The molecule has 0 aromatic heterocycles. The maximum atomic E-state index is 11.8. The Bertz CT molecular complexity index is 435. The molecule has 0 aliphatic rings. The molecule has 0 heterocycles. The Morgan fingerprint density at radius 1 is 0.950 bits per heavy atom. The van der Waals surface area contributed by atoms with Crippen LogP contribution >= 0.6 is 7.92 Å². The number of hydrogen-bond acceptors (Lipinski definition) is 1. The van der Waals surface area contributed by atoms with Crippen molar-refractivity contribution < 1.29 is 4.79 Å². The second-order valence-electron chi connectivity index (χ2n) is 6.75. The topological polar surface area (TPSA) is 17.1 Å². The molecule has 20 heavy (non-hydrogen) atoms. The number of carbonyl (C=O) groups excluding carboxylic acids is 1. The van der Waals surface area contributed by atoms with Gasteiger partial charge in [0.1, 0.15) is 0 Å². The van der Waals surface area contributed by atoms with Crippen LogP contribution in [-0.2, 0) is 0 Å². The second-order valence-corrected chi connectivity index (χ2v) is 10.6. The smallest absolute Gasteiger partial charge is 0.160 e. The van der Waals surface area contributed by atoms with Crippen molar-refractivity contribution in [3.8, 4) is 0 Å². The summed E-state index contributed by atoms with van der Waals surface area (Å²) in [4.78, 5) is 11.8. The van der Waals surface area contributed by atoms with Gasteiger partial charge in [-0.2, -0.15) is 0 Å². The molecular weight excluding hydrogens is 263 g/mol. The van der Waals surface area contributed by atoms with E-state index in [0.717, 1.165) is 5.56 Å². The van der Waals surface area contributed by atoms with Gasteiger partial charge in [0, 0.05) is 5.56 Å². The highest BCUT2D eigenvalue weighted by Crippen LogP contribution is 2.58. The summed E-state index contributed by atoms with van der Waals surface area (Å²) < 4.78 is 0. The fourth-order valence-corrected chi connectivity index (χ4v) is 6.86. The highest BCUT2D eigenvalue weighted by Gasteiger charge is 2.37. The normalized spacial score (nSPS) is 11.8. The Hall–Kier alpha value is -0.940. The van der Waals surface area contributed by atoms with Crippen LogP contribution in [0, 0.1) is 0 Å². The lowest BCUT2D eigenvalue weighted by molar-refractivity contribution is 0.101. The van der Waals surface area contributed by atoms with Crippen molar-refractivity contribution in [3.05, 3.63) is 43.0 Å². The molecule has 0 fully saturated rings. The van der Waals surface area contributed by atoms with Gasteiger partial charge < -0.3 is 0 Å². The maximum absolute atomic E-state index is 11.8. The minimum absolute atomic E-state index is 0.173. The van der Waals surface area contributed by atoms with Gasteiger partial charge >= 0.3 is 0 Å². The van der Waals surface area contributed by atoms with Crippen molar-refractivity contribution in [1.82, 2.24) is 0 Å². The van der Waals surface area contributed by atoms with Gasteiger partial charge in [0.25, 0.3) is 0 Å². The summed E-state index contributed by atoms with van der Waals surface area (Å²) >= 11 is 0. The molecule has 0 aliphatic carbocycles. The summed E-state index contributed by atoms with van der Waals surface area (Å²) in [5, 5.41) is 1.64. The summed E-state index contributed by atoms with van der Waals surface area (Å²) in [6.07, 6.45) is 0. The van der Waals surface area contributed by atoms with Gasteiger partial charge in [0.05, 0.1) is 0 Å². The van der Waals surface area contributed by atoms with Crippen molar-refractivity contribution >= 4 is 19.0 Å². The van der Waals surface area contributed by atoms with E-state index in [9.17, 15) is 4.79 Å². The van der Waals surface area contributed by atoms with E-state index in [0.29, 0.717) is 0 Å². The van der Waals surface area contributed by atoms with Gasteiger partial charge in [-0.1, -0.05) is 73.7 Å². The maximum Gasteiger partial charge on any atom is 0.160 e. The molecule has 0 saturated carbocycles. The van der Waals surface area contributed by atoms with Gasteiger partial charge in [-0.3, -0.25) is 4.79 Å². The van der Waals surface area contributed by atoms with Gasteiger partial charge in [-0.25, -0.2) is 0 Å². The number of ketones is 1. The first-order valence-corrected chi connectivity index (χ1v) is 8.29. The summed E-state index contributed by atoms with van der Waals surface area (Å²) in [5.41, 5.74) is 0.897. The van der Waals surface area contributed by atoms with Crippen molar-refractivity contribution in [3.63, 3.8) is 0 Å². The number of benzene rings is 1. The average molecular weight is 292 g/mol. The van der Waals surface area contributed by atoms with E-state index in [-0.39, 0.29) is 16.1 Å². The summed E-state index contributed by atoms with van der Waals surface area (Å²) in [6.45, 7) is 21.3. The minimum Gasteiger partial charge on any atom is -0.294 e. The third-order valence-corrected chi connectivity index (χ3v) is 6.42. The Kier molecular flexibility index (Phi) is 6.84. The molecule has 0 unspecified atom stereocenters. The minimum atomic E-state index is -0.412. The van der Waals surface area contributed by atoms with Crippen LogP contribution in [0.15, 0.2) is 37.4 Å². The van der Waals surface area contributed by atoms with E-state index < -0.39 is 7.92 Å². The fraction of sp³-hybridized carbons (Fsp3) is 0.500. The van der Waals surface area contributed by atoms with Crippen LogP contribution in [0.3, 0.4) is 0 Å². The average Bonchev–Trinajstić information content (AvgIpc) is 2.28. The standard InChI is InChI=1S/C16H25OP.C2H4/c1-12(17)13-10-8-9-11-14(13)18(15(2,3)4)16(5,6)7;1-2/h8-11H,1-7H3;1-2H2. The van der Waals surface area contributed by atoms with E-state index >= 15 is 0 Å². The predicted octanol–water partition coefficient (Wildman–Crippen LogP) is 5.40. The first kappa shape index (κ1) is 19.1. The zero-order chi connectivity index (χ0) is 16.1. The molecule has 0 bridgehead atoms. The Labute approximate surface area is 126 Å². The zero-order valence-electron chi connectivity index (χ0n) is 14.1. The number of hydrogen-bond donors (Lipinski definition) is 0. The number of rotatable bonds is 2. The molecule has 0 spiro atoms. The summed E-state index contributed by atoms with van der Waals surface area (Å²) in [6, 6.07) is 8.11. The molecule has 1 rings (SSSR count). The van der Waals surface area contributed by atoms with E-state index in [1.54, 1.807) is 6.92 Å². The quantitative estimate of drug-likeness (QED) is 0.405. The fourth-order valence-electron chi connectivity index (χ4n) is 2.70. The Morgan fingerprint density at radius 2 is 1.35 bits per heavy atom. The van der Waals surface area contributed by atoms with Crippen LogP contribution in [0.25, 0.3) is 0 Å². The summed E-state index contributed by atoms with van der Waals surface area (Å²) in [7, 11) is -0.412. The van der Waals surface area contributed by atoms with Crippen LogP contribution in [-0.4, -0.2) is 16.1 Å². The first-order valence-electron chi connectivity index (χ1n) is 6.95. The highest BCUT2D eigenvalue weighted by atomic mass is 31.1. The lowest BCUT2D eigenvalue weighted by Gasteiger charge is -2.42. The lowest BCUT2D eigenvalue weighted by atomic mass is 10.1. The van der Waals surface area contributed by atoms with E-state index in [1.165, 1.54) is 5.30 Å². The van der Waals surface area contributed by atoms with Crippen LogP contribution in [0.1, 0.15) is 58.8 Å². The molecule has 2 heteroatoms. The molecule has 0 amide bonds. The zero-order valence-corrected chi connectivity index (χ0v) is 15.0. The van der Waals surface area contributed by atoms with Gasteiger partial charge in [-0.15, -0.1) is 13.2 Å². The molecule has 0 radical (unpaired) electrons. The van der Waals surface area contributed by atoms with Crippen molar-refractivity contribution in [1.29, 1.82) is 0 Å². The van der Waals surface area contributed by atoms with Crippen molar-refractivity contribution in [2.45, 2.75) is 58.8 Å². The molecule has 1 nitrogen and oxygen atoms in total. The van der Waals surface area contributed by atoms with Crippen LogP contribution < -0.4 is 5.30 Å². The van der Waals surface area contributed by atoms with Crippen molar-refractivity contribution in [2.24, 2.45) is 0 Å². The Morgan fingerprint density at radius 3 is 1.70 bits per heavy atom. The predicted molar refractivity (Wildman–Crippen MR) is 93.8 cm³/mol. The largest absolute Gasteiger partial charge is 0.294 e. The van der Waals surface area contributed by atoms with Crippen LogP contribution in [0.4, 0.5) is 0 Å². The van der Waals surface area contributed by atoms with E-state index in [2.05, 4.69) is 66.8 Å². The Balaban J connectivity index is 0.00000172. The molecule has 0 N–H and O–H groups in total.